The van der Waals surface area contributed by atoms with Crippen LogP contribution in [0.1, 0.15) is 33.4 Å². The second-order valence-corrected chi connectivity index (χ2v) is 7.19. The van der Waals surface area contributed by atoms with Gasteiger partial charge in [0.05, 0.1) is 13.2 Å². The molecule has 0 aliphatic carbocycles. The molecule has 1 amide bonds. The van der Waals surface area contributed by atoms with Gasteiger partial charge in [-0.2, -0.15) is 5.10 Å². The maximum Gasteiger partial charge on any atom is 0.280 e. The van der Waals surface area contributed by atoms with Crippen molar-refractivity contribution in [2.45, 2.75) is 12.5 Å². The molecule has 2 N–H and O–H groups in total. The van der Waals surface area contributed by atoms with Gasteiger partial charge in [0.25, 0.3) is 5.91 Å². The molecule has 0 saturated heterocycles. The number of aliphatic hydroxyl groups is 1. The number of para-hydroxylation sites is 1. The van der Waals surface area contributed by atoms with Crippen LogP contribution < -0.4 is 9.64 Å². The van der Waals surface area contributed by atoms with Crippen LogP contribution in [0, 0.1) is 0 Å². The lowest BCUT2D eigenvalue weighted by Crippen LogP contribution is -2.29. The highest BCUT2D eigenvalue weighted by atomic mass is 16.5. The first-order chi connectivity index (χ1) is 15.2. The van der Waals surface area contributed by atoms with Crippen molar-refractivity contribution in [1.29, 1.82) is 0 Å². The maximum atomic E-state index is 13.4. The molecule has 0 bridgehead atoms. The van der Waals surface area contributed by atoms with Crippen LogP contribution >= 0.6 is 0 Å². The quantitative estimate of drug-likeness (QED) is 0.499. The zero-order chi connectivity index (χ0) is 21.4. The van der Waals surface area contributed by atoms with Crippen LogP contribution in [0.5, 0.6) is 5.75 Å². The molecule has 0 radical (unpaired) electrons. The SMILES string of the molecule is COc1ccccc1C1c2c(n[nH]c2CCO)C(=O)N1c1ccc(-c2ccon2)cc1. The Kier molecular flexibility index (Phi) is 4.76. The zero-order valence-electron chi connectivity index (χ0n) is 16.8. The van der Waals surface area contributed by atoms with Gasteiger partial charge in [0, 0.05) is 47.2 Å². The summed E-state index contributed by atoms with van der Waals surface area (Å²) >= 11 is 0. The van der Waals surface area contributed by atoms with E-state index in [2.05, 4.69) is 15.4 Å². The Hall–Kier alpha value is -3.91. The van der Waals surface area contributed by atoms with Crippen LogP contribution in [-0.4, -0.2) is 40.1 Å². The zero-order valence-corrected chi connectivity index (χ0v) is 16.8. The fourth-order valence-corrected chi connectivity index (χ4v) is 4.11. The number of methoxy groups -OCH3 is 1. The molecule has 4 aromatic rings. The van der Waals surface area contributed by atoms with E-state index >= 15 is 0 Å². The molecule has 2 aromatic carbocycles. The number of carbonyl (C=O) groups excluding carboxylic acids is 1. The predicted molar refractivity (Wildman–Crippen MR) is 113 cm³/mol. The number of hydrogen-bond donors (Lipinski definition) is 2. The van der Waals surface area contributed by atoms with Crippen molar-refractivity contribution in [2.24, 2.45) is 0 Å². The molecule has 2 aromatic heterocycles. The maximum absolute atomic E-state index is 13.4. The molecular formula is C23H20N4O4. The van der Waals surface area contributed by atoms with Crippen molar-refractivity contribution in [2.75, 3.05) is 18.6 Å². The van der Waals surface area contributed by atoms with E-state index in [0.29, 0.717) is 17.9 Å². The Balaban J connectivity index is 1.64. The number of nitrogens with zero attached hydrogens (tertiary/aromatic N) is 3. The van der Waals surface area contributed by atoms with Crippen LogP contribution in [0.4, 0.5) is 5.69 Å². The van der Waals surface area contributed by atoms with Gasteiger partial charge in [0.15, 0.2) is 5.69 Å². The average Bonchev–Trinajstić information content (AvgIpc) is 3.53. The molecule has 1 aliphatic rings. The highest BCUT2D eigenvalue weighted by Crippen LogP contribution is 2.45. The number of aliphatic hydroxyl groups excluding tert-OH is 1. The summed E-state index contributed by atoms with van der Waals surface area (Å²) < 4.78 is 10.5. The summed E-state index contributed by atoms with van der Waals surface area (Å²) in [6.07, 6.45) is 1.90. The summed E-state index contributed by atoms with van der Waals surface area (Å²) in [5.41, 5.74) is 5.04. The number of carbonyl (C=O) groups is 1. The van der Waals surface area contributed by atoms with Gasteiger partial charge >= 0.3 is 0 Å². The molecule has 1 atom stereocenters. The van der Waals surface area contributed by atoms with Crippen LogP contribution in [-0.2, 0) is 6.42 Å². The first-order valence-corrected chi connectivity index (χ1v) is 9.88. The molecule has 0 saturated carbocycles. The standard InChI is InChI=1S/C23H20N4O4/c1-30-19-5-3-2-4-16(19)22-20-18(10-12-28)24-25-21(20)23(29)27(22)15-8-6-14(7-9-15)17-11-13-31-26-17/h2-9,11,13,22,28H,10,12H2,1H3,(H,24,25). The topological polar surface area (TPSA) is 104 Å². The number of fused-ring (bicyclic) bond motifs is 1. The predicted octanol–water partition coefficient (Wildman–Crippen LogP) is 3.36. The Labute approximate surface area is 178 Å². The molecule has 8 heteroatoms. The van der Waals surface area contributed by atoms with Crippen molar-refractivity contribution >= 4 is 11.6 Å². The second kappa shape index (κ2) is 7.73. The number of aromatic amines is 1. The highest BCUT2D eigenvalue weighted by molar-refractivity contribution is 6.10. The summed E-state index contributed by atoms with van der Waals surface area (Å²) in [4.78, 5) is 15.1. The van der Waals surface area contributed by atoms with E-state index in [1.807, 2.05) is 48.5 Å². The van der Waals surface area contributed by atoms with Crippen molar-refractivity contribution in [1.82, 2.24) is 15.4 Å². The van der Waals surface area contributed by atoms with Gasteiger partial charge in [-0.3, -0.25) is 14.8 Å². The lowest BCUT2D eigenvalue weighted by Gasteiger charge is -2.27. The Morgan fingerprint density at radius 2 is 1.97 bits per heavy atom. The number of ether oxygens (including phenoxy) is 1. The summed E-state index contributed by atoms with van der Waals surface area (Å²) in [7, 11) is 1.61. The van der Waals surface area contributed by atoms with Gasteiger partial charge in [0.2, 0.25) is 0 Å². The minimum Gasteiger partial charge on any atom is -0.496 e. The molecule has 8 nitrogen and oxygen atoms in total. The minimum absolute atomic E-state index is 0.0478. The van der Waals surface area contributed by atoms with Crippen LogP contribution in [0.25, 0.3) is 11.3 Å². The van der Waals surface area contributed by atoms with Gasteiger partial charge in [-0.25, -0.2) is 0 Å². The third-order valence-electron chi connectivity index (χ3n) is 5.51. The van der Waals surface area contributed by atoms with Crippen LogP contribution in [0.15, 0.2) is 65.4 Å². The largest absolute Gasteiger partial charge is 0.496 e. The van der Waals surface area contributed by atoms with E-state index in [0.717, 1.165) is 33.8 Å². The summed E-state index contributed by atoms with van der Waals surface area (Å²) in [6, 6.07) is 16.5. The number of hydrogen-bond acceptors (Lipinski definition) is 6. The van der Waals surface area contributed by atoms with Crippen molar-refractivity contribution in [3.63, 3.8) is 0 Å². The van der Waals surface area contributed by atoms with Crippen molar-refractivity contribution in [3.8, 4) is 17.0 Å². The van der Waals surface area contributed by atoms with Gasteiger partial charge in [0.1, 0.15) is 17.7 Å². The van der Waals surface area contributed by atoms with Gasteiger partial charge in [-0.1, -0.05) is 35.5 Å². The van der Waals surface area contributed by atoms with Gasteiger partial charge in [-0.15, -0.1) is 0 Å². The Bertz CT molecular complexity index is 1210. The second-order valence-electron chi connectivity index (χ2n) is 7.19. The van der Waals surface area contributed by atoms with Crippen LogP contribution in [0.2, 0.25) is 0 Å². The molecule has 3 heterocycles. The van der Waals surface area contributed by atoms with E-state index in [-0.39, 0.29) is 12.5 Å². The first-order valence-electron chi connectivity index (χ1n) is 9.88. The van der Waals surface area contributed by atoms with E-state index in [1.54, 1.807) is 18.1 Å². The number of benzene rings is 2. The first kappa shape index (κ1) is 19.1. The normalized spacial score (nSPS) is 15.4. The Morgan fingerprint density at radius 1 is 1.16 bits per heavy atom. The number of nitrogens with one attached hydrogen (secondary N) is 1. The number of rotatable bonds is 6. The third-order valence-corrected chi connectivity index (χ3v) is 5.51. The van der Waals surface area contributed by atoms with Crippen LogP contribution in [0.3, 0.4) is 0 Å². The highest BCUT2D eigenvalue weighted by Gasteiger charge is 2.44. The van der Waals surface area contributed by atoms with E-state index in [1.165, 1.54) is 6.26 Å². The summed E-state index contributed by atoms with van der Waals surface area (Å²) in [5.74, 6) is 0.467. The van der Waals surface area contributed by atoms with Gasteiger partial charge in [-0.05, 0) is 18.2 Å². The average molecular weight is 416 g/mol. The Morgan fingerprint density at radius 3 is 2.68 bits per heavy atom. The lowest BCUT2D eigenvalue weighted by molar-refractivity contribution is 0.0988. The van der Waals surface area contributed by atoms with Crippen molar-refractivity contribution < 1.29 is 19.2 Å². The lowest BCUT2D eigenvalue weighted by atomic mass is 9.96. The van der Waals surface area contributed by atoms with E-state index in [9.17, 15) is 9.90 Å². The number of aromatic nitrogens is 3. The molecule has 0 fully saturated rings. The summed E-state index contributed by atoms with van der Waals surface area (Å²) in [6.45, 7) is -0.0478. The molecule has 0 spiro atoms. The molecule has 1 unspecified atom stereocenters. The van der Waals surface area contributed by atoms with E-state index in [4.69, 9.17) is 9.26 Å². The smallest absolute Gasteiger partial charge is 0.280 e. The number of amides is 1. The number of anilines is 1. The fourth-order valence-electron chi connectivity index (χ4n) is 4.11. The summed E-state index contributed by atoms with van der Waals surface area (Å²) in [5, 5.41) is 20.7. The fraction of sp³-hybridized carbons (Fsp3) is 0.174. The van der Waals surface area contributed by atoms with Gasteiger partial charge < -0.3 is 14.4 Å². The van der Waals surface area contributed by atoms with Crippen molar-refractivity contribution in [3.05, 3.63) is 83.4 Å². The molecule has 31 heavy (non-hydrogen) atoms. The molecule has 5 rings (SSSR count). The molecule has 156 valence electrons. The minimum atomic E-state index is -0.433. The number of H-pyrrole nitrogens is 1. The molecular weight excluding hydrogens is 396 g/mol. The van der Waals surface area contributed by atoms with E-state index < -0.39 is 6.04 Å². The third kappa shape index (κ3) is 3.08. The molecule has 1 aliphatic heterocycles. The monoisotopic (exact) mass is 416 g/mol.